The second kappa shape index (κ2) is 8.21. The van der Waals surface area contributed by atoms with Crippen LogP contribution in [0.5, 0.6) is 0 Å². The Morgan fingerprint density at radius 1 is 0.800 bits per heavy atom. The molecule has 1 aliphatic heterocycles. The number of benzene rings is 2. The third-order valence-corrected chi connectivity index (χ3v) is 5.26. The van der Waals surface area contributed by atoms with E-state index in [2.05, 4.69) is 11.9 Å². The zero-order valence-corrected chi connectivity index (χ0v) is 14.7. The van der Waals surface area contributed by atoms with Crippen molar-refractivity contribution in [3.05, 3.63) is 71.8 Å². The number of hydrogen-bond donors (Lipinski definition) is 0. The molecule has 0 saturated carbocycles. The molecule has 0 unspecified atom stereocenters. The topological polar surface area (TPSA) is 37.4 Å². The largest absolute Gasteiger partial charge is 0.300 e. The lowest BCUT2D eigenvalue weighted by Crippen LogP contribution is -2.45. The first-order valence-corrected chi connectivity index (χ1v) is 9.03. The first-order valence-electron chi connectivity index (χ1n) is 9.03. The van der Waals surface area contributed by atoms with Gasteiger partial charge in [0.1, 0.15) is 0 Å². The summed E-state index contributed by atoms with van der Waals surface area (Å²) in [5, 5.41) is 0. The van der Waals surface area contributed by atoms with E-state index in [1.807, 2.05) is 60.7 Å². The van der Waals surface area contributed by atoms with Crippen molar-refractivity contribution in [3.63, 3.8) is 0 Å². The van der Waals surface area contributed by atoms with Crippen LogP contribution in [0.2, 0.25) is 0 Å². The Bertz CT molecular complexity index is 650. The molecule has 2 atom stereocenters. The maximum atomic E-state index is 12.5. The van der Waals surface area contributed by atoms with Gasteiger partial charge in [-0.15, -0.1) is 0 Å². The number of rotatable bonds is 6. The van der Waals surface area contributed by atoms with Crippen LogP contribution >= 0.6 is 0 Å². The van der Waals surface area contributed by atoms with Gasteiger partial charge in [-0.2, -0.15) is 0 Å². The van der Waals surface area contributed by atoms with E-state index >= 15 is 0 Å². The van der Waals surface area contributed by atoms with Crippen LogP contribution in [-0.4, -0.2) is 35.6 Å². The number of ketones is 2. The van der Waals surface area contributed by atoms with E-state index in [0.717, 1.165) is 30.4 Å². The molecule has 25 heavy (non-hydrogen) atoms. The van der Waals surface area contributed by atoms with E-state index in [0.29, 0.717) is 12.8 Å². The highest BCUT2D eigenvalue weighted by Gasteiger charge is 2.30. The van der Waals surface area contributed by atoms with Crippen LogP contribution in [0.3, 0.4) is 0 Å². The molecule has 0 aliphatic carbocycles. The Morgan fingerprint density at radius 2 is 1.20 bits per heavy atom. The van der Waals surface area contributed by atoms with E-state index in [-0.39, 0.29) is 23.7 Å². The van der Waals surface area contributed by atoms with Gasteiger partial charge < -0.3 is 0 Å². The fraction of sp³-hybridized carbons (Fsp3) is 0.364. The summed E-state index contributed by atoms with van der Waals surface area (Å²) in [5.41, 5.74) is 1.55. The molecule has 0 N–H and O–H groups in total. The lowest BCUT2D eigenvalue weighted by Gasteiger charge is -2.39. The van der Waals surface area contributed by atoms with E-state index in [1.165, 1.54) is 0 Å². The third-order valence-electron chi connectivity index (χ3n) is 5.26. The van der Waals surface area contributed by atoms with Gasteiger partial charge in [0, 0.05) is 36.1 Å². The second-order valence-electron chi connectivity index (χ2n) is 6.89. The molecule has 1 aliphatic rings. The number of nitrogens with zero attached hydrogens (tertiary/aromatic N) is 1. The highest BCUT2D eigenvalue weighted by atomic mass is 16.1. The minimum Gasteiger partial charge on any atom is -0.300 e. The average molecular weight is 335 g/mol. The minimum atomic E-state index is 0.187. The van der Waals surface area contributed by atoms with E-state index < -0.39 is 0 Å². The van der Waals surface area contributed by atoms with Gasteiger partial charge >= 0.3 is 0 Å². The molecule has 1 fully saturated rings. The SMILES string of the molecule is CN1[C@@H](CC(=O)c2ccccc2)CCC[C@@H]1CC(=O)c1ccccc1. The summed E-state index contributed by atoms with van der Waals surface area (Å²) in [4.78, 5) is 27.3. The van der Waals surface area contributed by atoms with Gasteiger partial charge in [-0.3, -0.25) is 14.5 Å². The van der Waals surface area contributed by atoms with Crippen LogP contribution in [-0.2, 0) is 0 Å². The van der Waals surface area contributed by atoms with Gasteiger partial charge in [-0.25, -0.2) is 0 Å². The first kappa shape index (κ1) is 17.6. The van der Waals surface area contributed by atoms with E-state index in [9.17, 15) is 9.59 Å². The minimum absolute atomic E-state index is 0.187. The Balaban J connectivity index is 1.62. The highest BCUT2D eigenvalue weighted by molar-refractivity contribution is 5.97. The Kier molecular flexibility index (Phi) is 5.77. The van der Waals surface area contributed by atoms with E-state index in [1.54, 1.807) is 0 Å². The molecule has 2 aromatic carbocycles. The molecule has 0 bridgehead atoms. The summed E-state index contributed by atoms with van der Waals surface area (Å²) in [5.74, 6) is 0.375. The number of piperidine rings is 1. The average Bonchev–Trinajstić information content (AvgIpc) is 2.66. The molecule has 3 nitrogen and oxygen atoms in total. The predicted octanol–water partition coefficient (Wildman–Crippen LogP) is 4.39. The number of hydrogen-bond acceptors (Lipinski definition) is 3. The number of Topliss-reactive ketones (excluding diaryl/α,β-unsaturated/α-hetero) is 2. The molecular weight excluding hydrogens is 310 g/mol. The molecule has 0 aromatic heterocycles. The van der Waals surface area contributed by atoms with Gasteiger partial charge in [0.2, 0.25) is 0 Å². The van der Waals surface area contributed by atoms with Crippen molar-refractivity contribution in [1.29, 1.82) is 0 Å². The van der Waals surface area contributed by atoms with Crippen molar-refractivity contribution in [2.75, 3.05) is 7.05 Å². The fourth-order valence-corrected chi connectivity index (χ4v) is 3.70. The second-order valence-corrected chi connectivity index (χ2v) is 6.89. The molecule has 1 heterocycles. The number of likely N-dealkylation sites (tertiary alicyclic amines) is 1. The molecule has 0 spiro atoms. The van der Waals surface area contributed by atoms with Crippen molar-refractivity contribution in [2.45, 2.75) is 44.2 Å². The molecule has 0 amide bonds. The zero-order valence-electron chi connectivity index (χ0n) is 14.7. The maximum absolute atomic E-state index is 12.5. The standard InChI is InChI=1S/C22H25NO2/c1-23-19(15-21(24)17-9-4-2-5-10-17)13-8-14-20(23)16-22(25)18-11-6-3-7-12-18/h2-7,9-12,19-20H,8,13-16H2,1H3/t19-,20-/m1/s1. The van der Waals surface area contributed by atoms with Gasteiger partial charge in [0.25, 0.3) is 0 Å². The summed E-state index contributed by atoms with van der Waals surface area (Å²) in [7, 11) is 2.06. The van der Waals surface area contributed by atoms with E-state index in [4.69, 9.17) is 0 Å². The highest BCUT2D eigenvalue weighted by Crippen LogP contribution is 2.27. The van der Waals surface area contributed by atoms with Crippen LogP contribution in [0, 0.1) is 0 Å². The van der Waals surface area contributed by atoms with Crippen molar-refractivity contribution in [1.82, 2.24) is 4.90 Å². The smallest absolute Gasteiger partial charge is 0.164 e. The van der Waals surface area contributed by atoms with Crippen LogP contribution in [0.15, 0.2) is 60.7 Å². The van der Waals surface area contributed by atoms with Crippen LogP contribution in [0.25, 0.3) is 0 Å². The summed E-state index contributed by atoms with van der Waals surface area (Å²) < 4.78 is 0. The van der Waals surface area contributed by atoms with Gasteiger partial charge in [-0.1, -0.05) is 67.1 Å². The number of carbonyl (C=O) groups is 2. The maximum Gasteiger partial charge on any atom is 0.164 e. The van der Waals surface area contributed by atoms with Crippen molar-refractivity contribution < 1.29 is 9.59 Å². The third kappa shape index (κ3) is 4.43. The van der Waals surface area contributed by atoms with Crippen LogP contribution < -0.4 is 0 Å². The van der Waals surface area contributed by atoms with Crippen molar-refractivity contribution >= 4 is 11.6 Å². The number of carbonyl (C=O) groups excluding carboxylic acids is 2. The Labute approximate surface area is 149 Å². The van der Waals surface area contributed by atoms with Gasteiger partial charge in [0.05, 0.1) is 0 Å². The predicted molar refractivity (Wildman–Crippen MR) is 100.0 cm³/mol. The van der Waals surface area contributed by atoms with Crippen molar-refractivity contribution in [2.24, 2.45) is 0 Å². The van der Waals surface area contributed by atoms with Gasteiger partial charge in [-0.05, 0) is 19.9 Å². The molecule has 3 heteroatoms. The normalized spacial score (nSPS) is 21.0. The first-order chi connectivity index (χ1) is 12.1. The summed E-state index contributed by atoms with van der Waals surface area (Å²) in [6.07, 6.45) is 4.16. The molecule has 0 radical (unpaired) electrons. The molecule has 2 aromatic rings. The Hall–Kier alpha value is -2.26. The van der Waals surface area contributed by atoms with Crippen LogP contribution in [0.4, 0.5) is 0 Å². The van der Waals surface area contributed by atoms with Gasteiger partial charge in [0.15, 0.2) is 11.6 Å². The summed E-state index contributed by atoms with van der Waals surface area (Å²) in [6.45, 7) is 0. The molecule has 130 valence electrons. The monoisotopic (exact) mass is 335 g/mol. The zero-order chi connectivity index (χ0) is 17.6. The quantitative estimate of drug-likeness (QED) is 0.735. The molecular formula is C22H25NO2. The Morgan fingerprint density at radius 3 is 1.60 bits per heavy atom. The molecule has 1 saturated heterocycles. The van der Waals surface area contributed by atoms with Crippen molar-refractivity contribution in [3.8, 4) is 0 Å². The van der Waals surface area contributed by atoms with Crippen LogP contribution in [0.1, 0.15) is 52.8 Å². The fourth-order valence-electron chi connectivity index (χ4n) is 3.70. The lowest BCUT2D eigenvalue weighted by atomic mass is 9.88. The summed E-state index contributed by atoms with van der Waals surface area (Å²) >= 11 is 0. The molecule has 3 rings (SSSR count). The summed E-state index contributed by atoms with van der Waals surface area (Å²) in [6, 6.07) is 19.4. The lowest BCUT2D eigenvalue weighted by molar-refractivity contribution is 0.0723.